The Kier molecular flexibility index (Phi) is 6.01. The predicted molar refractivity (Wildman–Crippen MR) is 73.6 cm³/mol. The van der Waals surface area contributed by atoms with Crippen LogP contribution < -0.4 is 10.2 Å². The van der Waals surface area contributed by atoms with Gasteiger partial charge in [-0.05, 0) is 37.6 Å². The van der Waals surface area contributed by atoms with Gasteiger partial charge in [0.25, 0.3) is 0 Å². The Morgan fingerprint density at radius 2 is 2.18 bits per heavy atom. The fourth-order valence-corrected chi connectivity index (χ4v) is 1.80. The van der Waals surface area contributed by atoms with Crippen molar-refractivity contribution in [3.63, 3.8) is 0 Å². The lowest BCUT2D eigenvalue weighted by Crippen LogP contribution is -2.36. The fourth-order valence-electron chi connectivity index (χ4n) is 1.80. The fraction of sp³-hybridized carbons (Fsp3) is 0.571. The molecule has 1 rings (SSSR count). The van der Waals surface area contributed by atoms with Gasteiger partial charge in [0.15, 0.2) is 0 Å². The molecule has 0 saturated heterocycles. The second-order valence-corrected chi connectivity index (χ2v) is 4.58. The maximum Gasteiger partial charge on any atom is 0.0839 e. The van der Waals surface area contributed by atoms with Gasteiger partial charge in [0.1, 0.15) is 0 Å². The van der Waals surface area contributed by atoms with Crippen LogP contribution in [0, 0.1) is 6.92 Å². The van der Waals surface area contributed by atoms with Crippen LogP contribution in [0.1, 0.15) is 18.9 Å². The number of rotatable bonds is 7. The first-order valence-corrected chi connectivity index (χ1v) is 6.30. The molecule has 0 aliphatic rings. The average molecular weight is 236 g/mol. The van der Waals surface area contributed by atoms with Crippen molar-refractivity contribution in [3.05, 3.63) is 29.8 Å². The molecule has 0 aliphatic heterocycles. The molecule has 0 bridgehead atoms. The van der Waals surface area contributed by atoms with E-state index in [4.69, 9.17) is 0 Å². The molecule has 0 aromatic heterocycles. The highest BCUT2D eigenvalue weighted by molar-refractivity contribution is 5.47. The molecule has 1 atom stereocenters. The molecule has 0 radical (unpaired) electrons. The summed E-state index contributed by atoms with van der Waals surface area (Å²) in [5, 5.41) is 13.1. The van der Waals surface area contributed by atoms with E-state index in [1.165, 1.54) is 5.56 Å². The normalized spacial score (nSPS) is 12.5. The number of hydrogen-bond acceptors (Lipinski definition) is 3. The van der Waals surface area contributed by atoms with Gasteiger partial charge in [0.05, 0.1) is 6.10 Å². The average Bonchev–Trinajstić information content (AvgIpc) is 2.29. The number of aliphatic hydroxyl groups excluding tert-OH is 1. The van der Waals surface area contributed by atoms with Gasteiger partial charge in [-0.1, -0.05) is 19.1 Å². The number of nitrogens with one attached hydrogen (secondary N) is 1. The van der Waals surface area contributed by atoms with Crippen molar-refractivity contribution in [1.82, 2.24) is 5.32 Å². The molecule has 0 spiro atoms. The number of aryl methyl sites for hydroxylation is 1. The SMILES string of the molecule is CCCNCC(O)CN(C)c1cccc(C)c1. The van der Waals surface area contributed by atoms with Crippen molar-refractivity contribution < 1.29 is 5.11 Å². The van der Waals surface area contributed by atoms with Crippen molar-refractivity contribution in [2.24, 2.45) is 0 Å². The zero-order chi connectivity index (χ0) is 12.7. The van der Waals surface area contributed by atoms with Crippen molar-refractivity contribution in [2.45, 2.75) is 26.4 Å². The minimum Gasteiger partial charge on any atom is -0.390 e. The van der Waals surface area contributed by atoms with Gasteiger partial charge in [-0.3, -0.25) is 0 Å². The minimum absolute atomic E-state index is 0.327. The lowest BCUT2D eigenvalue weighted by Gasteiger charge is -2.23. The van der Waals surface area contributed by atoms with E-state index in [1.54, 1.807) is 0 Å². The van der Waals surface area contributed by atoms with Crippen LogP contribution in [0.5, 0.6) is 0 Å². The third-order valence-electron chi connectivity index (χ3n) is 2.73. The highest BCUT2D eigenvalue weighted by atomic mass is 16.3. The molecule has 0 fully saturated rings. The summed E-state index contributed by atoms with van der Waals surface area (Å²) in [4.78, 5) is 2.09. The number of anilines is 1. The Labute approximate surface area is 104 Å². The van der Waals surface area contributed by atoms with E-state index < -0.39 is 0 Å². The minimum atomic E-state index is -0.327. The maximum atomic E-state index is 9.87. The Morgan fingerprint density at radius 3 is 2.82 bits per heavy atom. The molecule has 0 saturated carbocycles. The first-order chi connectivity index (χ1) is 8.13. The topological polar surface area (TPSA) is 35.5 Å². The van der Waals surface area contributed by atoms with Crippen LogP contribution in [0.4, 0.5) is 5.69 Å². The van der Waals surface area contributed by atoms with Gasteiger partial charge in [-0.25, -0.2) is 0 Å². The molecule has 0 aliphatic carbocycles. The van der Waals surface area contributed by atoms with Crippen LogP contribution in [0.25, 0.3) is 0 Å². The molecule has 2 N–H and O–H groups in total. The summed E-state index contributed by atoms with van der Waals surface area (Å²) in [6.07, 6.45) is 0.771. The second-order valence-electron chi connectivity index (χ2n) is 4.58. The summed E-state index contributed by atoms with van der Waals surface area (Å²) in [7, 11) is 2.01. The first kappa shape index (κ1) is 14.0. The van der Waals surface area contributed by atoms with Gasteiger partial charge in [0.2, 0.25) is 0 Å². The number of aliphatic hydroxyl groups is 1. The smallest absolute Gasteiger partial charge is 0.0839 e. The van der Waals surface area contributed by atoms with Crippen LogP contribution in [0.2, 0.25) is 0 Å². The molecule has 96 valence electrons. The van der Waals surface area contributed by atoms with Crippen molar-refractivity contribution in [2.75, 3.05) is 31.6 Å². The van der Waals surface area contributed by atoms with Gasteiger partial charge in [-0.15, -0.1) is 0 Å². The van der Waals surface area contributed by atoms with E-state index in [0.29, 0.717) is 13.1 Å². The molecule has 3 nitrogen and oxygen atoms in total. The lowest BCUT2D eigenvalue weighted by molar-refractivity contribution is 0.178. The van der Waals surface area contributed by atoms with E-state index in [1.807, 2.05) is 13.1 Å². The molecule has 1 aromatic rings. The monoisotopic (exact) mass is 236 g/mol. The van der Waals surface area contributed by atoms with Gasteiger partial charge < -0.3 is 15.3 Å². The predicted octanol–water partition coefficient (Wildman–Crippen LogP) is 1.79. The van der Waals surface area contributed by atoms with Crippen molar-refractivity contribution >= 4 is 5.69 Å². The standard InChI is InChI=1S/C14H24N2O/c1-4-8-15-10-14(17)11-16(3)13-7-5-6-12(2)9-13/h5-7,9,14-15,17H,4,8,10-11H2,1-3H3. The summed E-state index contributed by atoms with van der Waals surface area (Å²) < 4.78 is 0. The van der Waals surface area contributed by atoms with Crippen LogP contribution in [-0.2, 0) is 0 Å². The van der Waals surface area contributed by atoms with E-state index in [9.17, 15) is 5.11 Å². The van der Waals surface area contributed by atoms with Crippen LogP contribution in [0.3, 0.4) is 0 Å². The first-order valence-electron chi connectivity index (χ1n) is 6.30. The van der Waals surface area contributed by atoms with Gasteiger partial charge in [0, 0.05) is 25.8 Å². The van der Waals surface area contributed by atoms with Crippen LogP contribution in [-0.4, -0.2) is 37.9 Å². The molecular formula is C14H24N2O. The number of benzene rings is 1. The van der Waals surface area contributed by atoms with E-state index in [2.05, 4.69) is 42.3 Å². The maximum absolute atomic E-state index is 9.87. The summed E-state index contributed by atoms with van der Waals surface area (Å²) in [5.74, 6) is 0. The summed E-state index contributed by atoms with van der Waals surface area (Å²) >= 11 is 0. The highest BCUT2D eigenvalue weighted by Gasteiger charge is 2.08. The molecule has 17 heavy (non-hydrogen) atoms. The van der Waals surface area contributed by atoms with Crippen molar-refractivity contribution in [1.29, 1.82) is 0 Å². The summed E-state index contributed by atoms with van der Waals surface area (Å²) in [5.41, 5.74) is 2.40. The summed E-state index contributed by atoms with van der Waals surface area (Å²) in [6, 6.07) is 8.32. The van der Waals surface area contributed by atoms with E-state index in [0.717, 1.165) is 18.7 Å². The molecule has 3 heteroatoms. The molecule has 0 amide bonds. The third kappa shape index (κ3) is 5.20. The Balaban J connectivity index is 2.40. The van der Waals surface area contributed by atoms with Gasteiger partial charge in [-0.2, -0.15) is 0 Å². The Morgan fingerprint density at radius 1 is 1.41 bits per heavy atom. The van der Waals surface area contributed by atoms with Crippen LogP contribution in [0.15, 0.2) is 24.3 Å². The van der Waals surface area contributed by atoms with E-state index in [-0.39, 0.29) is 6.10 Å². The van der Waals surface area contributed by atoms with Crippen molar-refractivity contribution in [3.8, 4) is 0 Å². The summed E-state index contributed by atoms with van der Waals surface area (Å²) in [6.45, 7) is 6.48. The molecule has 1 aromatic carbocycles. The molecule has 0 heterocycles. The molecule has 1 unspecified atom stereocenters. The quantitative estimate of drug-likeness (QED) is 0.709. The lowest BCUT2D eigenvalue weighted by atomic mass is 10.2. The Bertz CT molecular complexity index is 328. The zero-order valence-electron chi connectivity index (χ0n) is 11.1. The van der Waals surface area contributed by atoms with E-state index >= 15 is 0 Å². The largest absolute Gasteiger partial charge is 0.390 e. The third-order valence-corrected chi connectivity index (χ3v) is 2.73. The zero-order valence-corrected chi connectivity index (χ0v) is 11.1. The Hall–Kier alpha value is -1.06. The second kappa shape index (κ2) is 7.30. The number of nitrogens with zero attached hydrogens (tertiary/aromatic N) is 1. The number of likely N-dealkylation sites (N-methyl/N-ethyl adjacent to an activating group) is 1. The molecular weight excluding hydrogens is 212 g/mol. The van der Waals surface area contributed by atoms with Crippen LogP contribution >= 0.6 is 0 Å². The van der Waals surface area contributed by atoms with Gasteiger partial charge >= 0.3 is 0 Å². The highest BCUT2D eigenvalue weighted by Crippen LogP contribution is 2.14. The number of hydrogen-bond donors (Lipinski definition) is 2.